The minimum atomic E-state index is 0.0979. The fourth-order valence-electron chi connectivity index (χ4n) is 1.99. The van der Waals surface area contributed by atoms with Crippen molar-refractivity contribution in [3.63, 3.8) is 0 Å². The molecule has 0 bridgehead atoms. The Balaban J connectivity index is 3.36. The lowest BCUT2D eigenvalue weighted by atomic mass is 9.83. The Morgan fingerprint density at radius 3 is 2.31 bits per heavy atom. The molecule has 0 radical (unpaired) electrons. The smallest absolute Gasteiger partial charge is 0.125 e. The molecule has 16 heavy (non-hydrogen) atoms. The Kier molecular flexibility index (Phi) is 3.98. The lowest BCUT2D eigenvalue weighted by Gasteiger charge is -2.24. The number of aryl methyl sites for hydroxylation is 1. The van der Waals surface area contributed by atoms with Gasteiger partial charge < -0.3 is 10.5 Å². The minimum absolute atomic E-state index is 0.0979. The summed E-state index contributed by atoms with van der Waals surface area (Å²) in [5.41, 5.74) is 9.49. The van der Waals surface area contributed by atoms with Crippen molar-refractivity contribution in [3.8, 4) is 5.75 Å². The molecule has 0 aliphatic rings. The molecule has 0 fully saturated rings. The van der Waals surface area contributed by atoms with Crippen LogP contribution in [0.2, 0.25) is 0 Å². The third-order valence-corrected chi connectivity index (χ3v) is 2.74. The van der Waals surface area contributed by atoms with Gasteiger partial charge in [0, 0.05) is 5.56 Å². The number of hydrogen-bond donors (Lipinski definition) is 1. The van der Waals surface area contributed by atoms with Crippen molar-refractivity contribution in [1.29, 1.82) is 0 Å². The number of rotatable bonds is 3. The topological polar surface area (TPSA) is 35.2 Å². The molecule has 90 valence electrons. The van der Waals surface area contributed by atoms with Gasteiger partial charge in [-0.15, -0.1) is 0 Å². The molecule has 2 heteroatoms. The third-order valence-electron chi connectivity index (χ3n) is 2.74. The molecule has 0 amide bonds. The van der Waals surface area contributed by atoms with Crippen LogP contribution in [-0.2, 0) is 11.8 Å². The molecular weight excluding hydrogens is 198 g/mol. The van der Waals surface area contributed by atoms with E-state index in [1.807, 2.05) is 0 Å². The highest BCUT2D eigenvalue weighted by molar-refractivity contribution is 5.48. The molecule has 1 aromatic carbocycles. The van der Waals surface area contributed by atoms with Crippen molar-refractivity contribution in [3.05, 3.63) is 28.8 Å². The maximum atomic E-state index is 5.64. The molecule has 0 aliphatic carbocycles. The second-order valence-corrected chi connectivity index (χ2v) is 5.29. The molecule has 0 aliphatic heterocycles. The maximum absolute atomic E-state index is 5.64. The van der Waals surface area contributed by atoms with Gasteiger partial charge in [0.15, 0.2) is 0 Å². The van der Waals surface area contributed by atoms with E-state index in [4.69, 9.17) is 10.5 Å². The van der Waals surface area contributed by atoms with Crippen molar-refractivity contribution >= 4 is 0 Å². The number of hydrogen-bond acceptors (Lipinski definition) is 2. The van der Waals surface area contributed by atoms with Gasteiger partial charge in [-0.3, -0.25) is 0 Å². The Morgan fingerprint density at radius 1 is 1.25 bits per heavy atom. The van der Waals surface area contributed by atoms with Crippen molar-refractivity contribution in [2.75, 3.05) is 13.7 Å². The van der Waals surface area contributed by atoms with Crippen LogP contribution in [0.15, 0.2) is 12.1 Å². The average Bonchev–Trinajstić information content (AvgIpc) is 2.16. The van der Waals surface area contributed by atoms with Crippen molar-refractivity contribution in [2.24, 2.45) is 5.73 Å². The van der Waals surface area contributed by atoms with Crippen LogP contribution in [0.25, 0.3) is 0 Å². The van der Waals surface area contributed by atoms with Crippen LogP contribution in [-0.4, -0.2) is 13.7 Å². The highest BCUT2D eigenvalue weighted by atomic mass is 16.5. The zero-order valence-corrected chi connectivity index (χ0v) is 11.1. The van der Waals surface area contributed by atoms with Gasteiger partial charge in [-0.1, -0.05) is 38.5 Å². The number of nitrogens with two attached hydrogens (primary N) is 1. The predicted octanol–water partition coefficient (Wildman–Crippen LogP) is 2.80. The summed E-state index contributed by atoms with van der Waals surface area (Å²) in [4.78, 5) is 0. The van der Waals surface area contributed by atoms with Gasteiger partial charge in [-0.25, -0.2) is 0 Å². The second kappa shape index (κ2) is 4.88. The summed E-state index contributed by atoms with van der Waals surface area (Å²) in [6.07, 6.45) is 0.869. The first-order valence-electron chi connectivity index (χ1n) is 5.78. The quantitative estimate of drug-likeness (QED) is 0.852. The minimum Gasteiger partial charge on any atom is -0.496 e. The zero-order valence-electron chi connectivity index (χ0n) is 11.1. The summed E-state index contributed by atoms with van der Waals surface area (Å²) in [6.45, 7) is 9.39. The van der Waals surface area contributed by atoms with Crippen molar-refractivity contribution < 1.29 is 4.74 Å². The summed E-state index contributed by atoms with van der Waals surface area (Å²) in [5, 5.41) is 0. The molecule has 0 saturated heterocycles. The highest BCUT2D eigenvalue weighted by Gasteiger charge is 2.21. The second-order valence-electron chi connectivity index (χ2n) is 5.29. The van der Waals surface area contributed by atoms with Crippen molar-refractivity contribution in [1.82, 2.24) is 0 Å². The SMILES string of the molecule is COc1c(CCN)cc(C)cc1C(C)(C)C. The molecule has 2 N–H and O–H groups in total. The van der Waals surface area contributed by atoms with E-state index in [0.717, 1.165) is 12.2 Å². The molecule has 0 spiro atoms. The largest absolute Gasteiger partial charge is 0.496 e. The van der Waals surface area contributed by atoms with E-state index in [2.05, 4.69) is 39.8 Å². The number of methoxy groups -OCH3 is 1. The first kappa shape index (κ1) is 13.0. The molecule has 0 saturated carbocycles. The maximum Gasteiger partial charge on any atom is 0.125 e. The highest BCUT2D eigenvalue weighted by Crippen LogP contribution is 2.35. The first-order valence-corrected chi connectivity index (χ1v) is 5.78. The van der Waals surface area contributed by atoms with E-state index in [9.17, 15) is 0 Å². The Hall–Kier alpha value is -1.02. The van der Waals surface area contributed by atoms with Gasteiger partial charge in [-0.2, -0.15) is 0 Å². The van der Waals surface area contributed by atoms with Crippen LogP contribution in [0.4, 0.5) is 0 Å². The number of benzene rings is 1. The van der Waals surface area contributed by atoms with Crippen LogP contribution in [0.1, 0.15) is 37.5 Å². The lowest BCUT2D eigenvalue weighted by Crippen LogP contribution is -2.15. The van der Waals surface area contributed by atoms with E-state index in [1.165, 1.54) is 16.7 Å². The molecule has 0 unspecified atom stereocenters. The van der Waals surface area contributed by atoms with Crippen LogP contribution in [0, 0.1) is 6.92 Å². The predicted molar refractivity (Wildman–Crippen MR) is 69.2 cm³/mol. The summed E-state index contributed by atoms with van der Waals surface area (Å²) in [7, 11) is 1.74. The number of ether oxygens (including phenoxy) is 1. The monoisotopic (exact) mass is 221 g/mol. The molecule has 1 rings (SSSR count). The lowest BCUT2D eigenvalue weighted by molar-refractivity contribution is 0.392. The normalized spacial score (nSPS) is 11.6. The van der Waals surface area contributed by atoms with E-state index in [-0.39, 0.29) is 5.41 Å². The Morgan fingerprint density at radius 2 is 1.88 bits per heavy atom. The zero-order chi connectivity index (χ0) is 12.3. The fraction of sp³-hybridized carbons (Fsp3) is 0.571. The van der Waals surface area contributed by atoms with E-state index >= 15 is 0 Å². The van der Waals surface area contributed by atoms with E-state index in [0.29, 0.717) is 6.54 Å². The van der Waals surface area contributed by atoms with Crippen LogP contribution < -0.4 is 10.5 Å². The molecule has 0 atom stereocenters. The van der Waals surface area contributed by atoms with Gasteiger partial charge in [-0.05, 0) is 30.9 Å². The van der Waals surface area contributed by atoms with Crippen molar-refractivity contribution in [2.45, 2.75) is 39.5 Å². The van der Waals surface area contributed by atoms with Gasteiger partial charge >= 0.3 is 0 Å². The Bertz CT molecular complexity index is 364. The third kappa shape index (κ3) is 2.76. The van der Waals surface area contributed by atoms with Crippen LogP contribution >= 0.6 is 0 Å². The standard InChI is InChI=1S/C14H23NO/c1-10-8-11(6-7-15)13(16-5)12(9-10)14(2,3)4/h8-9H,6-7,15H2,1-5H3. The van der Waals surface area contributed by atoms with Gasteiger partial charge in [0.1, 0.15) is 5.75 Å². The molecule has 0 aromatic heterocycles. The van der Waals surface area contributed by atoms with Crippen LogP contribution in [0.5, 0.6) is 5.75 Å². The summed E-state index contributed by atoms with van der Waals surface area (Å²) >= 11 is 0. The molecule has 0 heterocycles. The fourth-order valence-corrected chi connectivity index (χ4v) is 1.99. The first-order chi connectivity index (χ1) is 7.40. The molecule has 2 nitrogen and oxygen atoms in total. The van der Waals surface area contributed by atoms with E-state index in [1.54, 1.807) is 7.11 Å². The summed E-state index contributed by atoms with van der Waals surface area (Å²) in [6, 6.07) is 4.37. The van der Waals surface area contributed by atoms with Gasteiger partial charge in [0.25, 0.3) is 0 Å². The van der Waals surface area contributed by atoms with Gasteiger partial charge in [0.2, 0.25) is 0 Å². The summed E-state index contributed by atoms with van der Waals surface area (Å²) < 4.78 is 5.55. The van der Waals surface area contributed by atoms with E-state index < -0.39 is 0 Å². The van der Waals surface area contributed by atoms with Crippen LogP contribution in [0.3, 0.4) is 0 Å². The summed E-state index contributed by atoms with van der Waals surface area (Å²) in [5.74, 6) is 1.00. The average molecular weight is 221 g/mol. The molecule has 1 aromatic rings. The Labute approximate surface area is 98.8 Å². The van der Waals surface area contributed by atoms with Gasteiger partial charge in [0.05, 0.1) is 7.11 Å². The molecular formula is C14H23NO.